The van der Waals surface area contributed by atoms with Crippen molar-refractivity contribution >= 4 is 5.82 Å². The summed E-state index contributed by atoms with van der Waals surface area (Å²) in [6.45, 7) is 3.18. The summed E-state index contributed by atoms with van der Waals surface area (Å²) in [4.78, 5) is 0. The van der Waals surface area contributed by atoms with Crippen LogP contribution in [0.4, 0.5) is 5.82 Å². The van der Waals surface area contributed by atoms with E-state index < -0.39 is 0 Å². The predicted molar refractivity (Wildman–Crippen MR) is 59.6 cm³/mol. The maximum absolute atomic E-state index is 9.35. The number of unbranched alkanes of at least 4 members (excludes halogenated alkanes) is 5. The van der Waals surface area contributed by atoms with E-state index in [-0.39, 0.29) is 0 Å². The summed E-state index contributed by atoms with van der Waals surface area (Å²) in [6.07, 6.45) is 9.72. The SMILES string of the molecule is CCCCCCCCn1cccc1[N]. The van der Waals surface area contributed by atoms with Gasteiger partial charge in [0.1, 0.15) is 0 Å². The Morgan fingerprint density at radius 3 is 2.50 bits per heavy atom. The quantitative estimate of drug-likeness (QED) is 0.591. The average Bonchev–Trinajstić information content (AvgIpc) is 2.58. The maximum Gasteiger partial charge on any atom is 0.155 e. The molecule has 0 amide bonds. The van der Waals surface area contributed by atoms with Crippen LogP contribution in [-0.4, -0.2) is 4.57 Å². The number of rotatable bonds is 7. The van der Waals surface area contributed by atoms with Crippen molar-refractivity contribution in [1.82, 2.24) is 10.3 Å². The first-order valence-corrected chi connectivity index (χ1v) is 5.68. The van der Waals surface area contributed by atoms with Crippen LogP contribution in [0, 0.1) is 0 Å². The molecule has 0 atom stereocenters. The van der Waals surface area contributed by atoms with E-state index in [1.807, 2.05) is 16.8 Å². The largest absolute Gasteiger partial charge is 0.332 e. The van der Waals surface area contributed by atoms with Gasteiger partial charge in [-0.3, -0.25) is 0 Å². The zero-order valence-corrected chi connectivity index (χ0v) is 9.08. The van der Waals surface area contributed by atoms with Gasteiger partial charge < -0.3 is 4.57 Å². The maximum atomic E-state index is 9.35. The summed E-state index contributed by atoms with van der Waals surface area (Å²) < 4.78 is 1.90. The molecule has 0 aliphatic heterocycles. The Morgan fingerprint density at radius 1 is 1.14 bits per heavy atom. The Hall–Kier alpha value is -0.920. The molecular weight excluding hydrogens is 172 g/mol. The molecule has 2 radical (unpaired) electrons. The Bertz CT molecular complexity index is 240. The molecule has 0 spiro atoms. The highest BCUT2D eigenvalue weighted by atomic mass is 15.0. The van der Waals surface area contributed by atoms with Crippen molar-refractivity contribution in [2.45, 2.75) is 52.0 Å². The van der Waals surface area contributed by atoms with Crippen molar-refractivity contribution in [3.05, 3.63) is 18.3 Å². The highest BCUT2D eigenvalue weighted by Crippen LogP contribution is 2.10. The van der Waals surface area contributed by atoms with Gasteiger partial charge >= 0.3 is 0 Å². The average molecular weight is 192 g/mol. The van der Waals surface area contributed by atoms with Crippen molar-refractivity contribution in [2.75, 3.05) is 0 Å². The molecule has 0 unspecified atom stereocenters. The smallest absolute Gasteiger partial charge is 0.155 e. The van der Waals surface area contributed by atoms with Crippen LogP contribution in [-0.2, 0) is 6.54 Å². The van der Waals surface area contributed by atoms with Crippen molar-refractivity contribution in [1.29, 1.82) is 0 Å². The van der Waals surface area contributed by atoms with Gasteiger partial charge in [0.05, 0.1) is 0 Å². The van der Waals surface area contributed by atoms with Crippen molar-refractivity contribution < 1.29 is 0 Å². The first-order chi connectivity index (χ1) is 6.84. The molecule has 1 aromatic rings. The lowest BCUT2D eigenvalue weighted by Crippen LogP contribution is -1.96. The van der Waals surface area contributed by atoms with Gasteiger partial charge in [0.2, 0.25) is 0 Å². The van der Waals surface area contributed by atoms with Gasteiger partial charge in [0, 0.05) is 12.7 Å². The first-order valence-electron chi connectivity index (χ1n) is 5.68. The second-order valence-corrected chi connectivity index (χ2v) is 3.83. The monoisotopic (exact) mass is 192 g/mol. The second kappa shape index (κ2) is 6.52. The Morgan fingerprint density at radius 2 is 1.86 bits per heavy atom. The highest BCUT2D eigenvalue weighted by Gasteiger charge is 1.96. The molecule has 0 fully saturated rings. The molecule has 1 rings (SSSR count). The molecule has 78 valence electrons. The molecule has 0 N–H and O–H groups in total. The summed E-state index contributed by atoms with van der Waals surface area (Å²) in [5.41, 5.74) is 9.35. The summed E-state index contributed by atoms with van der Waals surface area (Å²) in [6, 6.07) is 3.61. The zero-order valence-electron chi connectivity index (χ0n) is 9.08. The van der Waals surface area contributed by atoms with Gasteiger partial charge in [-0.2, -0.15) is 0 Å². The Labute approximate surface area is 87.1 Å². The van der Waals surface area contributed by atoms with Crippen LogP contribution >= 0.6 is 0 Å². The predicted octanol–water partition coefficient (Wildman–Crippen LogP) is 3.55. The van der Waals surface area contributed by atoms with Crippen LogP contribution in [0.2, 0.25) is 0 Å². The normalized spacial score (nSPS) is 10.6. The fourth-order valence-corrected chi connectivity index (χ4v) is 1.66. The van der Waals surface area contributed by atoms with E-state index >= 15 is 0 Å². The number of aryl methyl sites for hydroxylation is 1. The van der Waals surface area contributed by atoms with E-state index in [2.05, 4.69) is 6.92 Å². The Balaban J connectivity index is 2.02. The van der Waals surface area contributed by atoms with E-state index in [1.54, 1.807) is 6.07 Å². The molecule has 0 bridgehead atoms. The van der Waals surface area contributed by atoms with Gasteiger partial charge in [0.25, 0.3) is 0 Å². The molecule has 1 heterocycles. The number of aromatic nitrogens is 1. The summed E-state index contributed by atoms with van der Waals surface area (Å²) in [7, 11) is 0. The molecule has 2 nitrogen and oxygen atoms in total. The molecule has 14 heavy (non-hydrogen) atoms. The van der Waals surface area contributed by atoms with Crippen LogP contribution < -0.4 is 5.73 Å². The van der Waals surface area contributed by atoms with Gasteiger partial charge in [-0.05, 0) is 18.6 Å². The lowest BCUT2D eigenvalue weighted by Gasteiger charge is -2.03. The fourth-order valence-electron chi connectivity index (χ4n) is 1.66. The fraction of sp³-hybridized carbons (Fsp3) is 0.667. The van der Waals surface area contributed by atoms with Gasteiger partial charge in [-0.25, -0.2) is 0 Å². The van der Waals surface area contributed by atoms with E-state index in [0.717, 1.165) is 6.54 Å². The molecule has 0 aromatic carbocycles. The minimum absolute atomic E-state index is 0.388. The first kappa shape index (κ1) is 11.2. The molecule has 0 aliphatic rings. The molecular formula is C12H20N2. The van der Waals surface area contributed by atoms with E-state index in [1.165, 1.54) is 38.5 Å². The van der Waals surface area contributed by atoms with E-state index in [4.69, 9.17) is 0 Å². The number of nitrogens with zero attached hydrogens (tertiary/aromatic N) is 2. The molecule has 0 saturated carbocycles. The van der Waals surface area contributed by atoms with Gasteiger partial charge in [-0.1, -0.05) is 39.0 Å². The van der Waals surface area contributed by atoms with Gasteiger partial charge in [0.15, 0.2) is 5.82 Å². The minimum Gasteiger partial charge on any atom is -0.332 e. The summed E-state index contributed by atoms with van der Waals surface area (Å²) >= 11 is 0. The lowest BCUT2D eigenvalue weighted by atomic mass is 10.1. The number of hydrogen-bond acceptors (Lipinski definition) is 0. The van der Waals surface area contributed by atoms with Crippen molar-refractivity contribution in [3.8, 4) is 0 Å². The third kappa shape index (κ3) is 3.86. The molecule has 2 heteroatoms. The van der Waals surface area contributed by atoms with Crippen LogP contribution in [0.1, 0.15) is 45.4 Å². The van der Waals surface area contributed by atoms with Crippen molar-refractivity contribution in [3.63, 3.8) is 0 Å². The van der Waals surface area contributed by atoms with Crippen LogP contribution in [0.15, 0.2) is 18.3 Å². The topological polar surface area (TPSA) is 27.2 Å². The molecule has 0 aliphatic carbocycles. The van der Waals surface area contributed by atoms with Gasteiger partial charge in [-0.15, -0.1) is 5.73 Å². The van der Waals surface area contributed by atoms with Crippen LogP contribution in [0.25, 0.3) is 0 Å². The third-order valence-corrected chi connectivity index (χ3v) is 2.56. The zero-order chi connectivity index (χ0) is 10.2. The molecule has 0 saturated heterocycles. The van der Waals surface area contributed by atoms with E-state index in [9.17, 15) is 5.73 Å². The summed E-state index contributed by atoms with van der Waals surface area (Å²) in [5.74, 6) is 0.388. The van der Waals surface area contributed by atoms with E-state index in [0.29, 0.717) is 5.82 Å². The standard InChI is InChI=1S/C12H20N2/c1-2-3-4-5-6-7-10-14-11-8-9-12(14)13/h8-9,11H,2-7,10H2,1H3. The minimum atomic E-state index is 0.388. The van der Waals surface area contributed by atoms with Crippen LogP contribution in [0.3, 0.4) is 0 Å². The third-order valence-electron chi connectivity index (χ3n) is 2.56. The summed E-state index contributed by atoms with van der Waals surface area (Å²) in [5, 5.41) is 0. The lowest BCUT2D eigenvalue weighted by molar-refractivity contribution is 0.560. The molecule has 1 aromatic heterocycles. The highest BCUT2D eigenvalue weighted by molar-refractivity contribution is 5.24. The second-order valence-electron chi connectivity index (χ2n) is 3.83. The van der Waals surface area contributed by atoms with Crippen LogP contribution in [0.5, 0.6) is 0 Å². The van der Waals surface area contributed by atoms with Crippen molar-refractivity contribution in [2.24, 2.45) is 0 Å². The number of hydrogen-bond donors (Lipinski definition) is 0. The Kier molecular flexibility index (Phi) is 5.20.